The van der Waals surface area contributed by atoms with Crippen molar-refractivity contribution < 1.29 is 34.4 Å². The Bertz CT molecular complexity index is 872. The van der Waals surface area contributed by atoms with Crippen LogP contribution in [0.15, 0.2) is 42.5 Å². The van der Waals surface area contributed by atoms with Gasteiger partial charge in [0, 0.05) is 18.1 Å². The molecule has 8 nitrogen and oxygen atoms in total. The number of hydrogen-bond donors (Lipinski definition) is 4. The number of halogens is 1. The van der Waals surface area contributed by atoms with Crippen LogP contribution in [0.4, 0.5) is 0 Å². The highest BCUT2D eigenvalue weighted by Gasteiger charge is 2.57. The van der Waals surface area contributed by atoms with Gasteiger partial charge in [0.2, 0.25) is 0 Å². The molecule has 9 heteroatoms. The second-order valence-corrected chi connectivity index (χ2v) is 6.35. The maximum Gasteiger partial charge on any atom is 0.453 e. The van der Waals surface area contributed by atoms with Crippen LogP contribution in [0.1, 0.15) is 17.2 Å². The lowest BCUT2D eigenvalue weighted by molar-refractivity contribution is -0.194. The number of rotatable bonds is 7. The molecule has 142 valence electrons. The van der Waals surface area contributed by atoms with E-state index in [1.807, 2.05) is 0 Å². The Kier molecular flexibility index (Phi) is 5.22. The lowest BCUT2D eigenvalue weighted by atomic mass is 10.1. The van der Waals surface area contributed by atoms with E-state index in [0.29, 0.717) is 22.7 Å². The van der Waals surface area contributed by atoms with Crippen LogP contribution < -0.4 is 14.8 Å². The van der Waals surface area contributed by atoms with Crippen molar-refractivity contribution in [3.8, 4) is 11.5 Å². The molecule has 1 aliphatic heterocycles. The van der Waals surface area contributed by atoms with E-state index >= 15 is 0 Å². The van der Waals surface area contributed by atoms with E-state index in [2.05, 4.69) is 5.32 Å². The molecule has 1 unspecified atom stereocenters. The fourth-order valence-electron chi connectivity index (χ4n) is 2.61. The van der Waals surface area contributed by atoms with E-state index < -0.39 is 23.8 Å². The number of fused-ring (bicyclic) bond motifs is 1. The normalized spacial score (nSPS) is 15.3. The average molecular weight is 394 g/mol. The molecule has 0 radical (unpaired) electrons. The zero-order valence-corrected chi connectivity index (χ0v) is 14.6. The summed E-state index contributed by atoms with van der Waals surface area (Å²) in [5, 5.41) is 32.0. The van der Waals surface area contributed by atoms with Crippen LogP contribution in [-0.2, 0) is 16.1 Å². The van der Waals surface area contributed by atoms with Crippen LogP contribution in [-0.4, -0.2) is 39.6 Å². The number of hydrogen-bond acceptors (Lipinski definition) is 6. The van der Waals surface area contributed by atoms with Gasteiger partial charge in [-0.25, -0.2) is 9.59 Å². The zero-order chi connectivity index (χ0) is 19.6. The fourth-order valence-corrected chi connectivity index (χ4v) is 2.81. The largest absolute Gasteiger partial charge is 0.475 e. The van der Waals surface area contributed by atoms with Crippen LogP contribution in [0.3, 0.4) is 0 Å². The Hall–Kier alpha value is -2.81. The first-order chi connectivity index (χ1) is 12.8. The number of aliphatic hydroxyl groups excluding tert-OH is 1. The molecule has 0 bridgehead atoms. The summed E-state index contributed by atoms with van der Waals surface area (Å²) in [6.45, 7) is 0.588. The van der Waals surface area contributed by atoms with Crippen LogP contribution >= 0.6 is 11.6 Å². The maximum atomic E-state index is 11.2. The summed E-state index contributed by atoms with van der Waals surface area (Å²) in [7, 11) is 0. The molecular formula is C18H16ClNO7. The van der Waals surface area contributed by atoms with Crippen LogP contribution in [0.5, 0.6) is 11.5 Å². The minimum Gasteiger partial charge on any atom is -0.475 e. The summed E-state index contributed by atoms with van der Waals surface area (Å²) >= 11 is 5.90. The van der Waals surface area contributed by atoms with E-state index in [-0.39, 0.29) is 18.0 Å². The quantitative estimate of drug-likeness (QED) is 0.525. The molecule has 4 N–H and O–H groups in total. The average Bonchev–Trinajstić information content (AvgIpc) is 3.02. The summed E-state index contributed by atoms with van der Waals surface area (Å²) in [6.07, 6.45) is -0.760. The third-order valence-electron chi connectivity index (χ3n) is 3.98. The maximum absolute atomic E-state index is 11.2. The molecule has 2 aromatic carbocycles. The van der Waals surface area contributed by atoms with Crippen molar-refractivity contribution in [2.75, 3.05) is 6.54 Å². The molecule has 27 heavy (non-hydrogen) atoms. The van der Waals surface area contributed by atoms with Gasteiger partial charge in [0.05, 0.1) is 6.10 Å². The number of ether oxygens (including phenoxy) is 2. The van der Waals surface area contributed by atoms with Gasteiger partial charge >= 0.3 is 17.7 Å². The van der Waals surface area contributed by atoms with Crippen LogP contribution in [0.2, 0.25) is 5.02 Å². The SMILES string of the molecule is O=C(O)C1(C(=O)O)Oc2ccc(CNCC(O)c3cccc(Cl)c3)cc2O1. The molecule has 0 spiro atoms. The van der Waals surface area contributed by atoms with Crippen molar-refractivity contribution in [1.29, 1.82) is 0 Å². The van der Waals surface area contributed by atoms with Crippen molar-refractivity contribution in [2.45, 2.75) is 18.4 Å². The molecule has 1 heterocycles. The predicted molar refractivity (Wildman–Crippen MR) is 93.8 cm³/mol. The van der Waals surface area contributed by atoms with Crippen LogP contribution in [0, 0.1) is 0 Å². The second-order valence-electron chi connectivity index (χ2n) is 5.91. The third-order valence-corrected chi connectivity index (χ3v) is 4.21. The van der Waals surface area contributed by atoms with Gasteiger partial charge in [-0.3, -0.25) is 0 Å². The molecular weight excluding hydrogens is 378 g/mol. The molecule has 2 aromatic rings. The molecule has 0 aliphatic carbocycles. The van der Waals surface area contributed by atoms with E-state index in [1.165, 1.54) is 12.1 Å². The molecule has 1 aliphatic rings. The van der Waals surface area contributed by atoms with Gasteiger partial charge in [0.15, 0.2) is 11.5 Å². The molecule has 0 saturated heterocycles. The summed E-state index contributed by atoms with van der Waals surface area (Å²) < 4.78 is 10.0. The second kappa shape index (κ2) is 7.43. The molecule has 0 saturated carbocycles. The molecule has 3 rings (SSSR count). The lowest BCUT2D eigenvalue weighted by Crippen LogP contribution is -2.54. The predicted octanol–water partition coefficient (Wildman–Crippen LogP) is 1.80. The van der Waals surface area contributed by atoms with Gasteiger partial charge in [-0.05, 0) is 35.4 Å². The van der Waals surface area contributed by atoms with E-state index in [1.54, 1.807) is 30.3 Å². The number of aliphatic carboxylic acids is 2. The Morgan fingerprint density at radius 3 is 2.44 bits per heavy atom. The Labute approximate surface area is 158 Å². The smallest absolute Gasteiger partial charge is 0.453 e. The van der Waals surface area contributed by atoms with Crippen LogP contribution in [0.25, 0.3) is 0 Å². The Balaban J connectivity index is 1.63. The Morgan fingerprint density at radius 2 is 1.78 bits per heavy atom. The number of nitrogens with one attached hydrogen (secondary N) is 1. The van der Waals surface area contributed by atoms with Gasteiger partial charge in [-0.1, -0.05) is 29.8 Å². The summed E-state index contributed by atoms with van der Waals surface area (Å²) in [6, 6.07) is 11.5. The van der Waals surface area contributed by atoms with Gasteiger partial charge in [-0.2, -0.15) is 0 Å². The van der Waals surface area contributed by atoms with Crippen molar-refractivity contribution >= 4 is 23.5 Å². The molecule has 0 amide bonds. The summed E-state index contributed by atoms with van der Waals surface area (Å²) in [4.78, 5) is 22.5. The van der Waals surface area contributed by atoms with Crippen molar-refractivity contribution in [2.24, 2.45) is 0 Å². The number of carboxylic acid groups (broad SMARTS) is 2. The standard InChI is InChI=1S/C18H16ClNO7/c19-12-3-1-2-11(7-12)13(21)9-20-8-10-4-5-14-15(6-10)27-18(26-14,16(22)23)17(24)25/h1-7,13,20-21H,8-9H2,(H,22,23)(H,24,25). The van der Waals surface area contributed by atoms with E-state index in [4.69, 9.17) is 31.3 Å². The van der Waals surface area contributed by atoms with Crippen molar-refractivity contribution in [3.05, 3.63) is 58.6 Å². The van der Waals surface area contributed by atoms with Gasteiger partial charge in [0.1, 0.15) is 0 Å². The zero-order valence-electron chi connectivity index (χ0n) is 13.9. The monoisotopic (exact) mass is 393 g/mol. The first-order valence-electron chi connectivity index (χ1n) is 7.94. The molecule has 0 aromatic heterocycles. The number of carboxylic acids is 2. The first-order valence-corrected chi connectivity index (χ1v) is 8.31. The van der Waals surface area contributed by atoms with Gasteiger partial charge in [0.25, 0.3) is 0 Å². The summed E-state index contributed by atoms with van der Waals surface area (Å²) in [5.74, 6) is -6.24. The highest BCUT2D eigenvalue weighted by atomic mass is 35.5. The first kappa shape index (κ1) is 19.0. The summed E-state index contributed by atoms with van der Waals surface area (Å²) in [5.41, 5.74) is 1.37. The lowest BCUT2D eigenvalue weighted by Gasteiger charge is -2.16. The van der Waals surface area contributed by atoms with Gasteiger partial charge < -0.3 is 30.1 Å². The third kappa shape index (κ3) is 3.82. The molecule has 0 fully saturated rings. The van der Waals surface area contributed by atoms with E-state index in [0.717, 1.165) is 0 Å². The Morgan fingerprint density at radius 1 is 1.07 bits per heavy atom. The minimum atomic E-state index is -2.78. The van der Waals surface area contributed by atoms with Crippen molar-refractivity contribution in [3.63, 3.8) is 0 Å². The highest BCUT2D eigenvalue weighted by molar-refractivity contribution is 6.30. The van der Waals surface area contributed by atoms with E-state index in [9.17, 15) is 14.7 Å². The minimum absolute atomic E-state index is 0.0227. The molecule has 1 atom stereocenters. The fraction of sp³-hybridized carbons (Fsp3) is 0.222. The highest BCUT2D eigenvalue weighted by Crippen LogP contribution is 2.40. The number of benzene rings is 2. The van der Waals surface area contributed by atoms with Crippen molar-refractivity contribution in [1.82, 2.24) is 5.32 Å². The van der Waals surface area contributed by atoms with Gasteiger partial charge in [-0.15, -0.1) is 0 Å². The number of carbonyl (C=O) groups is 2. The number of aliphatic hydroxyl groups is 1. The topological polar surface area (TPSA) is 125 Å².